The molecule has 0 saturated heterocycles. The molecule has 0 fully saturated rings. The van der Waals surface area contributed by atoms with Crippen LogP contribution in [0.15, 0.2) is 40.9 Å². The van der Waals surface area contributed by atoms with E-state index in [2.05, 4.69) is 33.4 Å². The van der Waals surface area contributed by atoms with Crippen molar-refractivity contribution in [3.05, 3.63) is 52.0 Å². The standard InChI is InChI=1S/C15H10BrN3O/c1-20-13-5-3-11(9-18)15(7-13)19-14-6-12(16)4-2-10(14)8-17/h2-7,19H,1H3. The van der Waals surface area contributed by atoms with Crippen molar-refractivity contribution < 1.29 is 4.74 Å². The summed E-state index contributed by atoms with van der Waals surface area (Å²) < 4.78 is 6.00. The SMILES string of the molecule is COc1ccc(C#N)c(Nc2cc(Br)ccc2C#N)c1. The van der Waals surface area contributed by atoms with Crippen molar-refractivity contribution >= 4 is 27.3 Å². The van der Waals surface area contributed by atoms with Crippen molar-refractivity contribution in [2.45, 2.75) is 0 Å². The van der Waals surface area contributed by atoms with Gasteiger partial charge in [0.15, 0.2) is 0 Å². The average Bonchev–Trinajstić information content (AvgIpc) is 2.47. The number of ether oxygens (including phenoxy) is 1. The van der Waals surface area contributed by atoms with Crippen LogP contribution in [0, 0.1) is 22.7 Å². The summed E-state index contributed by atoms with van der Waals surface area (Å²) in [6.07, 6.45) is 0. The molecule has 0 saturated carbocycles. The Morgan fingerprint density at radius 1 is 1.00 bits per heavy atom. The highest BCUT2D eigenvalue weighted by atomic mass is 79.9. The highest BCUT2D eigenvalue weighted by Crippen LogP contribution is 2.28. The lowest BCUT2D eigenvalue weighted by atomic mass is 10.1. The van der Waals surface area contributed by atoms with Crippen LogP contribution in [0.3, 0.4) is 0 Å². The van der Waals surface area contributed by atoms with Crippen LogP contribution >= 0.6 is 15.9 Å². The van der Waals surface area contributed by atoms with Crippen LogP contribution < -0.4 is 10.1 Å². The minimum Gasteiger partial charge on any atom is -0.497 e. The highest BCUT2D eigenvalue weighted by Gasteiger charge is 2.08. The van der Waals surface area contributed by atoms with Gasteiger partial charge in [-0.15, -0.1) is 0 Å². The van der Waals surface area contributed by atoms with Gasteiger partial charge in [0.1, 0.15) is 17.9 Å². The molecule has 0 bridgehead atoms. The van der Waals surface area contributed by atoms with E-state index in [0.717, 1.165) is 4.47 Å². The fourth-order valence-corrected chi connectivity index (χ4v) is 2.07. The van der Waals surface area contributed by atoms with Crippen molar-refractivity contribution in [1.29, 1.82) is 10.5 Å². The minimum absolute atomic E-state index is 0.481. The summed E-state index contributed by atoms with van der Waals surface area (Å²) in [5.74, 6) is 0.639. The molecule has 5 heteroatoms. The zero-order valence-electron chi connectivity index (χ0n) is 10.6. The first-order chi connectivity index (χ1) is 9.67. The molecule has 0 aromatic heterocycles. The summed E-state index contributed by atoms with van der Waals surface area (Å²) in [5, 5.41) is 21.4. The van der Waals surface area contributed by atoms with Crippen molar-refractivity contribution in [1.82, 2.24) is 0 Å². The number of nitrogens with one attached hydrogen (secondary N) is 1. The zero-order valence-corrected chi connectivity index (χ0v) is 12.2. The molecule has 0 amide bonds. The molecule has 0 aliphatic carbocycles. The maximum Gasteiger partial charge on any atom is 0.121 e. The van der Waals surface area contributed by atoms with Crippen LogP contribution in [-0.4, -0.2) is 7.11 Å². The number of nitriles is 2. The van der Waals surface area contributed by atoms with Crippen molar-refractivity contribution in [3.63, 3.8) is 0 Å². The Hall–Kier alpha value is -2.50. The predicted molar refractivity (Wildman–Crippen MR) is 79.8 cm³/mol. The van der Waals surface area contributed by atoms with E-state index in [1.807, 2.05) is 0 Å². The summed E-state index contributed by atoms with van der Waals surface area (Å²) in [4.78, 5) is 0. The molecule has 2 rings (SSSR count). The molecule has 1 N–H and O–H groups in total. The second-order valence-electron chi connectivity index (χ2n) is 3.95. The maximum atomic E-state index is 9.14. The molecular weight excluding hydrogens is 318 g/mol. The van der Waals surface area contributed by atoms with Gasteiger partial charge < -0.3 is 10.1 Å². The van der Waals surface area contributed by atoms with Crippen molar-refractivity contribution in [2.24, 2.45) is 0 Å². The van der Waals surface area contributed by atoms with E-state index in [1.54, 1.807) is 43.5 Å². The molecule has 2 aromatic rings. The van der Waals surface area contributed by atoms with Gasteiger partial charge in [0.25, 0.3) is 0 Å². The molecule has 0 heterocycles. The smallest absolute Gasteiger partial charge is 0.121 e. The summed E-state index contributed by atoms with van der Waals surface area (Å²) in [6, 6.07) is 14.6. The molecule has 2 aromatic carbocycles. The van der Waals surface area contributed by atoms with E-state index in [0.29, 0.717) is 28.3 Å². The molecule has 0 aliphatic rings. The second kappa shape index (κ2) is 6.10. The Labute approximate surface area is 125 Å². The van der Waals surface area contributed by atoms with Gasteiger partial charge >= 0.3 is 0 Å². The summed E-state index contributed by atoms with van der Waals surface area (Å²) >= 11 is 3.36. The molecule has 0 aliphatic heterocycles. The Kier molecular flexibility index (Phi) is 4.24. The van der Waals surface area contributed by atoms with E-state index in [4.69, 9.17) is 15.3 Å². The van der Waals surface area contributed by atoms with Gasteiger partial charge in [-0.3, -0.25) is 0 Å². The number of hydrogen-bond donors (Lipinski definition) is 1. The summed E-state index contributed by atoms with van der Waals surface area (Å²) in [7, 11) is 1.56. The summed E-state index contributed by atoms with van der Waals surface area (Å²) in [6.45, 7) is 0. The lowest BCUT2D eigenvalue weighted by molar-refractivity contribution is 0.415. The Bertz CT molecular complexity index is 729. The Balaban J connectivity index is 2.47. The minimum atomic E-state index is 0.481. The molecule has 0 radical (unpaired) electrons. The van der Waals surface area contributed by atoms with E-state index >= 15 is 0 Å². The maximum absolute atomic E-state index is 9.14. The van der Waals surface area contributed by atoms with E-state index < -0.39 is 0 Å². The van der Waals surface area contributed by atoms with Crippen molar-refractivity contribution in [3.8, 4) is 17.9 Å². The number of nitrogens with zero attached hydrogens (tertiary/aromatic N) is 2. The molecule has 4 nitrogen and oxygen atoms in total. The topological polar surface area (TPSA) is 68.8 Å². The lowest BCUT2D eigenvalue weighted by Gasteiger charge is -2.11. The third kappa shape index (κ3) is 2.90. The van der Waals surface area contributed by atoms with Crippen LogP contribution in [0.1, 0.15) is 11.1 Å². The fraction of sp³-hybridized carbons (Fsp3) is 0.0667. The van der Waals surface area contributed by atoms with Gasteiger partial charge in [0, 0.05) is 10.5 Å². The fourth-order valence-electron chi connectivity index (χ4n) is 1.71. The number of anilines is 2. The number of halogens is 1. The van der Waals surface area contributed by atoms with E-state index in [1.165, 1.54) is 0 Å². The number of methoxy groups -OCH3 is 1. The van der Waals surface area contributed by atoms with E-state index in [-0.39, 0.29) is 0 Å². The van der Waals surface area contributed by atoms with Gasteiger partial charge in [-0.2, -0.15) is 10.5 Å². The first kappa shape index (κ1) is 13.9. The molecule has 98 valence electrons. The van der Waals surface area contributed by atoms with Gasteiger partial charge in [-0.1, -0.05) is 15.9 Å². The molecule has 0 unspecified atom stereocenters. The molecule has 20 heavy (non-hydrogen) atoms. The van der Waals surface area contributed by atoms with Crippen LogP contribution in [0.2, 0.25) is 0 Å². The van der Waals surface area contributed by atoms with E-state index in [9.17, 15) is 0 Å². The van der Waals surface area contributed by atoms with Gasteiger partial charge in [-0.25, -0.2) is 0 Å². The van der Waals surface area contributed by atoms with Crippen LogP contribution in [0.5, 0.6) is 5.75 Å². The number of hydrogen-bond acceptors (Lipinski definition) is 4. The molecule has 0 atom stereocenters. The molecular formula is C15H10BrN3O. The van der Waals surface area contributed by atoms with Crippen molar-refractivity contribution in [2.75, 3.05) is 12.4 Å². The van der Waals surface area contributed by atoms with Crippen LogP contribution in [0.4, 0.5) is 11.4 Å². The Morgan fingerprint density at radius 3 is 2.20 bits per heavy atom. The normalized spacial score (nSPS) is 9.40. The number of rotatable bonds is 3. The molecule has 0 spiro atoms. The first-order valence-electron chi connectivity index (χ1n) is 5.72. The van der Waals surface area contributed by atoms with Gasteiger partial charge in [0.2, 0.25) is 0 Å². The third-order valence-corrected chi connectivity index (χ3v) is 3.21. The quantitative estimate of drug-likeness (QED) is 0.926. The second-order valence-corrected chi connectivity index (χ2v) is 4.87. The van der Waals surface area contributed by atoms with Gasteiger partial charge in [0.05, 0.1) is 29.6 Å². The average molecular weight is 328 g/mol. The summed E-state index contributed by atoms with van der Waals surface area (Å²) in [5.41, 5.74) is 2.21. The zero-order chi connectivity index (χ0) is 14.5. The monoisotopic (exact) mass is 327 g/mol. The first-order valence-corrected chi connectivity index (χ1v) is 6.52. The largest absolute Gasteiger partial charge is 0.497 e. The van der Waals surface area contributed by atoms with Gasteiger partial charge in [-0.05, 0) is 30.3 Å². The predicted octanol–water partition coefficient (Wildman–Crippen LogP) is 3.94. The number of benzene rings is 2. The third-order valence-electron chi connectivity index (χ3n) is 2.72. The highest BCUT2D eigenvalue weighted by molar-refractivity contribution is 9.10. The Morgan fingerprint density at radius 2 is 1.60 bits per heavy atom. The lowest BCUT2D eigenvalue weighted by Crippen LogP contribution is -1.97. The van der Waals surface area contributed by atoms with Crippen LogP contribution in [-0.2, 0) is 0 Å². The van der Waals surface area contributed by atoms with Crippen LogP contribution in [0.25, 0.3) is 0 Å².